The number of hydrogen-bond donors (Lipinski definition) is 2. The van der Waals surface area contributed by atoms with E-state index in [-0.39, 0.29) is 6.04 Å². The van der Waals surface area contributed by atoms with E-state index in [2.05, 4.69) is 24.8 Å². The first-order chi connectivity index (χ1) is 8.56. The fraction of sp³-hybridized carbons (Fsp3) is 0.600. The van der Waals surface area contributed by atoms with Crippen LogP contribution in [0.5, 0.6) is 5.75 Å². The highest BCUT2D eigenvalue weighted by molar-refractivity contribution is 5.35. The van der Waals surface area contributed by atoms with Crippen LogP contribution < -0.4 is 5.73 Å². The average molecular weight is 248 g/mol. The molecular weight excluding hydrogens is 224 g/mol. The molecular formula is C15H24N2O. The van der Waals surface area contributed by atoms with Crippen LogP contribution in [0, 0.1) is 12.8 Å². The first kappa shape index (κ1) is 13.4. The van der Waals surface area contributed by atoms with Gasteiger partial charge >= 0.3 is 0 Å². The maximum absolute atomic E-state index is 9.89. The third-order valence-corrected chi connectivity index (χ3v) is 3.91. The molecule has 3 heteroatoms. The summed E-state index contributed by atoms with van der Waals surface area (Å²) in [6.07, 6.45) is 2.44. The van der Waals surface area contributed by atoms with Gasteiger partial charge in [-0.3, -0.25) is 4.90 Å². The Morgan fingerprint density at radius 1 is 1.50 bits per heavy atom. The fourth-order valence-electron chi connectivity index (χ4n) is 2.75. The van der Waals surface area contributed by atoms with Crippen molar-refractivity contribution in [2.24, 2.45) is 11.7 Å². The molecule has 1 aromatic rings. The standard InChI is InChI=1S/C15H24N2O/c1-11-5-6-15(18)14(8-11)10-17-7-3-4-13(9-17)12(2)16/h5-6,8,12-13,18H,3-4,7,9-10,16H2,1-2H3. The lowest BCUT2D eigenvalue weighted by atomic mass is 9.92. The molecule has 0 amide bonds. The van der Waals surface area contributed by atoms with Crippen molar-refractivity contribution >= 4 is 0 Å². The molecule has 0 spiro atoms. The zero-order valence-corrected chi connectivity index (χ0v) is 11.4. The van der Waals surface area contributed by atoms with Gasteiger partial charge in [0, 0.05) is 24.7 Å². The molecule has 1 aliphatic heterocycles. The van der Waals surface area contributed by atoms with Crippen molar-refractivity contribution in [1.82, 2.24) is 4.90 Å². The minimum absolute atomic E-state index is 0.263. The topological polar surface area (TPSA) is 49.5 Å². The highest BCUT2D eigenvalue weighted by Gasteiger charge is 2.23. The summed E-state index contributed by atoms with van der Waals surface area (Å²) in [5.41, 5.74) is 8.23. The Labute approximate surface area is 110 Å². The van der Waals surface area contributed by atoms with Gasteiger partial charge in [-0.25, -0.2) is 0 Å². The third-order valence-electron chi connectivity index (χ3n) is 3.91. The van der Waals surface area contributed by atoms with Crippen molar-refractivity contribution in [2.45, 2.75) is 39.3 Å². The van der Waals surface area contributed by atoms with Crippen molar-refractivity contribution in [3.8, 4) is 5.75 Å². The van der Waals surface area contributed by atoms with E-state index in [4.69, 9.17) is 5.73 Å². The van der Waals surface area contributed by atoms with Crippen LogP contribution in [0.2, 0.25) is 0 Å². The lowest BCUT2D eigenvalue weighted by Gasteiger charge is -2.34. The van der Waals surface area contributed by atoms with Gasteiger partial charge in [-0.1, -0.05) is 17.7 Å². The molecule has 0 aromatic heterocycles. The summed E-state index contributed by atoms with van der Waals surface area (Å²) in [6.45, 7) is 7.14. The minimum Gasteiger partial charge on any atom is -0.508 e. The molecule has 18 heavy (non-hydrogen) atoms. The highest BCUT2D eigenvalue weighted by Crippen LogP contribution is 2.24. The monoisotopic (exact) mass is 248 g/mol. The Balaban J connectivity index is 2.02. The summed E-state index contributed by atoms with van der Waals surface area (Å²) < 4.78 is 0. The molecule has 100 valence electrons. The Morgan fingerprint density at radius 3 is 3.00 bits per heavy atom. The largest absolute Gasteiger partial charge is 0.508 e. The highest BCUT2D eigenvalue weighted by atomic mass is 16.3. The zero-order valence-electron chi connectivity index (χ0n) is 11.4. The second-order valence-corrected chi connectivity index (χ2v) is 5.63. The van der Waals surface area contributed by atoms with Gasteiger partial charge < -0.3 is 10.8 Å². The van der Waals surface area contributed by atoms with E-state index < -0.39 is 0 Å². The molecule has 0 saturated carbocycles. The molecule has 3 nitrogen and oxygen atoms in total. The van der Waals surface area contributed by atoms with Crippen LogP contribution >= 0.6 is 0 Å². The van der Waals surface area contributed by atoms with E-state index in [0.717, 1.165) is 25.2 Å². The van der Waals surface area contributed by atoms with E-state index in [1.54, 1.807) is 6.07 Å². The van der Waals surface area contributed by atoms with Gasteiger partial charge in [0.05, 0.1) is 0 Å². The number of phenolic OH excluding ortho intramolecular Hbond substituents is 1. The first-order valence-electron chi connectivity index (χ1n) is 6.82. The number of hydrogen-bond acceptors (Lipinski definition) is 3. The van der Waals surface area contributed by atoms with E-state index >= 15 is 0 Å². The third kappa shape index (κ3) is 3.24. The fourth-order valence-corrected chi connectivity index (χ4v) is 2.75. The van der Waals surface area contributed by atoms with Crippen molar-refractivity contribution in [3.05, 3.63) is 29.3 Å². The van der Waals surface area contributed by atoms with E-state index in [1.165, 1.54) is 18.4 Å². The number of aromatic hydroxyl groups is 1. The molecule has 2 atom stereocenters. The maximum atomic E-state index is 9.89. The van der Waals surface area contributed by atoms with Gasteiger partial charge in [0.1, 0.15) is 5.75 Å². The Hall–Kier alpha value is -1.06. The van der Waals surface area contributed by atoms with Gasteiger partial charge in [0.2, 0.25) is 0 Å². The molecule has 1 aliphatic rings. The number of rotatable bonds is 3. The van der Waals surface area contributed by atoms with Crippen molar-refractivity contribution < 1.29 is 5.11 Å². The van der Waals surface area contributed by atoms with E-state index in [0.29, 0.717) is 11.7 Å². The molecule has 2 unspecified atom stereocenters. The molecule has 0 bridgehead atoms. The molecule has 1 heterocycles. The molecule has 1 saturated heterocycles. The lowest BCUT2D eigenvalue weighted by molar-refractivity contribution is 0.153. The van der Waals surface area contributed by atoms with Gasteiger partial charge in [-0.15, -0.1) is 0 Å². The number of nitrogens with two attached hydrogens (primary N) is 1. The average Bonchev–Trinajstić information content (AvgIpc) is 2.34. The Kier molecular flexibility index (Phi) is 4.25. The summed E-state index contributed by atoms with van der Waals surface area (Å²) in [5, 5.41) is 9.89. The summed E-state index contributed by atoms with van der Waals surface area (Å²) >= 11 is 0. The summed E-state index contributed by atoms with van der Waals surface area (Å²) in [6, 6.07) is 6.07. The number of phenols is 1. The van der Waals surface area contributed by atoms with Crippen LogP contribution in [-0.4, -0.2) is 29.1 Å². The van der Waals surface area contributed by atoms with Crippen LogP contribution in [0.3, 0.4) is 0 Å². The van der Waals surface area contributed by atoms with Crippen LogP contribution in [0.15, 0.2) is 18.2 Å². The predicted octanol–water partition coefficient (Wildman–Crippen LogP) is 2.26. The van der Waals surface area contributed by atoms with E-state index in [9.17, 15) is 5.11 Å². The SMILES string of the molecule is Cc1ccc(O)c(CN2CCCC(C(C)N)C2)c1. The van der Waals surface area contributed by atoms with Crippen LogP contribution in [0.25, 0.3) is 0 Å². The second-order valence-electron chi connectivity index (χ2n) is 5.63. The number of piperidine rings is 1. The van der Waals surface area contributed by atoms with E-state index in [1.807, 2.05) is 6.07 Å². The van der Waals surface area contributed by atoms with Gasteiger partial charge in [0.15, 0.2) is 0 Å². The molecule has 3 N–H and O–H groups in total. The number of nitrogens with zero attached hydrogens (tertiary/aromatic N) is 1. The van der Waals surface area contributed by atoms with Crippen molar-refractivity contribution in [2.75, 3.05) is 13.1 Å². The van der Waals surface area contributed by atoms with Crippen molar-refractivity contribution in [1.29, 1.82) is 0 Å². The van der Waals surface area contributed by atoms with Crippen LogP contribution in [0.4, 0.5) is 0 Å². The molecule has 1 aromatic carbocycles. The van der Waals surface area contributed by atoms with Crippen LogP contribution in [0.1, 0.15) is 30.9 Å². The molecule has 2 rings (SSSR count). The number of aryl methyl sites for hydroxylation is 1. The van der Waals surface area contributed by atoms with Gasteiger partial charge in [0.25, 0.3) is 0 Å². The first-order valence-corrected chi connectivity index (χ1v) is 6.82. The second kappa shape index (κ2) is 5.72. The minimum atomic E-state index is 0.263. The summed E-state index contributed by atoms with van der Waals surface area (Å²) in [5.74, 6) is 0.995. The number of likely N-dealkylation sites (tertiary alicyclic amines) is 1. The molecule has 0 radical (unpaired) electrons. The molecule has 0 aliphatic carbocycles. The lowest BCUT2D eigenvalue weighted by Crippen LogP contribution is -2.41. The summed E-state index contributed by atoms with van der Waals surface area (Å²) in [7, 11) is 0. The molecule has 1 fully saturated rings. The quantitative estimate of drug-likeness (QED) is 0.862. The maximum Gasteiger partial charge on any atom is 0.120 e. The Morgan fingerprint density at radius 2 is 2.28 bits per heavy atom. The van der Waals surface area contributed by atoms with Crippen LogP contribution in [-0.2, 0) is 6.54 Å². The zero-order chi connectivity index (χ0) is 13.1. The predicted molar refractivity (Wildman–Crippen MR) is 74.5 cm³/mol. The Bertz CT molecular complexity index is 403. The van der Waals surface area contributed by atoms with Gasteiger partial charge in [-0.2, -0.15) is 0 Å². The normalized spacial score (nSPS) is 22.9. The summed E-state index contributed by atoms with van der Waals surface area (Å²) in [4.78, 5) is 2.41. The van der Waals surface area contributed by atoms with Crippen molar-refractivity contribution in [3.63, 3.8) is 0 Å². The smallest absolute Gasteiger partial charge is 0.120 e. The number of benzene rings is 1. The van der Waals surface area contributed by atoms with Gasteiger partial charge in [-0.05, 0) is 45.2 Å².